The van der Waals surface area contributed by atoms with Crippen LogP contribution in [0.2, 0.25) is 0 Å². The van der Waals surface area contributed by atoms with Crippen LogP contribution in [0.1, 0.15) is 5.82 Å². The van der Waals surface area contributed by atoms with Crippen molar-refractivity contribution in [3.05, 3.63) is 18.2 Å². The number of hydrogen-bond acceptors (Lipinski definition) is 4. The average Bonchev–Trinajstić information content (AvgIpc) is 2.71. The fraction of sp³-hybridized carbons (Fsp3) is 0.700. The summed E-state index contributed by atoms with van der Waals surface area (Å²) in [6.45, 7) is 5.60. The summed E-state index contributed by atoms with van der Waals surface area (Å²) in [5.74, 6) is 1.96. The van der Waals surface area contributed by atoms with Gasteiger partial charge in [0.25, 0.3) is 0 Å². The number of imidazole rings is 1. The third-order valence-electron chi connectivity index (χ3n) is 2.61. The molecule has 0 radical (unpaired) electrons. The van der Waals surface area contributed by atoms with Gasteiger partial charge in [-0.15, -0.1) is 0 Å². The molecule has 4 nitrogen and oxygen atoms in total. The Morgan fingerprint density at radius 2 is 2.33 bits per heavy atom. The Labute approximate surface area is 95.6 Å². The molecular formula is C10H17N3OS. The topological polar surface area (TPSA) is 30.3 Å². The Kier molecular flexibility index (Phi) is 4.05. The monoisotopic (exact) mass is 227 g/mol. The molecule has 15 heavy (non-hydrogen) atoms. The van der Waals surface area contributed by atoms with E-state index in [2.05, 4.69) is 27.1 Å². The van der Waals surface area contributed by atoms with E-state index in [9.17, 15) is 0 Å². The maximum Gasteiger partial charge on any atom is 0.122 e. The number of rotatable bonds is 5. The molecule has 1 aliphatic heterocycles. The highest BCUT2D eigenvalue weighted by Crippen LogP contribution is 2.09. The molecule has 0 bridgehead atoms. The largest absolute Gasteiger partial charge is 0.379 e. The fourth-order valence-corrected chi connectivity index (χ4v) is 1.90. The van der Waals surface area contributed by atoms with E-state index in [0.717, 1.165) is 51.0 Å². The van der Waals surface area contributed by atoms with Crippen LogP contribution in [-0.4, -0.2) is 46.5 Å². The van der Waals surface area contributed by atoms with Gasteiger partial charge in [0, 0.05) is 37.8 Å². The maximum absolute atomic E-state index is 5.41. The van der Waals surface area contributed by atoms with E-state index in [1.54, 1.807) is 0 Å². The van der Waals surface area contributed by atoms with Gasteiger partial charge in [-0.05, 0) is 0 Å². The van der Waals surface area contributed by atoms with Gasteiger partial charge in [0.2, 0.25) is 0 Å². The summed E-state index contributed by atoms with van der Waals surface area (Å²) < 4.78 is 7.62. The molecule has 0 saturated carbocycles. The zero-order chi connectivity index (χ0) is 10.5. The molecule has 0 spiro atoms. The van der Waals surface area contributed by atoms with E-state index in [-0.39, 0.29) is 0 Å². The highest BCUT2D eigenvalue weighted by molar-refractivity contribution is 7.80. The molecule has 0 fully saturated rings. The van der Waals surface area contributed by atoms with Crippen LogP contribution in [0.25, 0.3) is 0 Å². The summed E-state index contributed by atoms with van der Waals surface area (Å²) in [4.78, 5) is 6.70. The summed E-state index contributed by atoms with van der Waals surface area (Å²) in [6, 6.07) is 0. The van der Waals surface area contributed by atoms with Gasteiger partial charge in [-0.3, -0.25) is 4.90 Å². The molecule has 1 aromatic heterocycles. The second-order valence-corrected chi connectivity index (χ2v) is 4.10. The zero-order valence-corrected chi connectivity index (χ0v) is 9.70. The van der Waals surface area contributed by atoms with Gasteiger partial charge >= 0.3 is 0 Å². The minimum absolute atomic E-state index is 0.742. The number of thiol groups is 1. The van der Waals surface area contributed by atoms with Crippen molar-refractivity contribution in [3.8, 4) is 0 Å². The fourth-order valence-electron chi connectivity index (χ4n) is 1.77. The van der Waals surface area contributed by atoms with Gasteiger partial charge in [0.15, 0.2) is 0 Å². The van der Waals surface area contributed by atoms with Crippen LogP contribution in [0.3, 0.4) is 0 Å². The summed E-state index contributed by atoms with van der Waals surface area (Å²) in [5, 5.41) is 0. The molecule has 0 atom stereocenters. The summed E-state index contributed by atoms with van der Waals surface area (Å²) >= 11 is 4.10. The molecular weight excluding hydrogens is 210 g/mol. The lowest BCUT2D eigenvalue weighted by Crippen LogP contribution is -2.35. The number of fused-ring (bicyclic) bond motifs is 1. The second-order valence-electron chi connectivity index (χ2n) is 3.65. The lowest BCUT2D eigenvalue weighted by atomic mass is 10.3. The van der Waals surface area contributed by atoms with Gasteiger partial charge in [-0.25, -0.2) is 4.98 Å². The first kappa shape index (κ1) is 11.0. The summed E-state index contributed by atoms with van der Waals surface area (Å²) in [7, 11) is 0. The summed E-state index contributed by atoms with van der Waals surface area (Å²) in [6.07, 6.45) is 3.92. The van der Waals surface area contributed by atoms with Crippen LogP contribution in [0.5, 0.6) is 0 Å². The average molecular weight is 227 g/mol. The van der Waals surface area contributed by atoms with Crippen molar-refractivity contribution in [1.82, 2.24) is 14.5 Å². The van der Waals surface area contributed by atoms with Crippen LogP contribution in [0, 0.1) is 0 Å². The predicted octanol–water partition coefficient (Wildman–Crippen LogP) is 0.645. The van der Waals surface area contributed by atoms with Gasteiger partial charge in [-0.1, -0.05) is 0 Å². The molecule has 2 heterocycles. The van der Waals surface area contributed by atoms with Gasteiger partial charge in [-0.2, -0.15) is 12.6 Å². The third kappa shape index (κ3) is 2.96. The molecule has 0 aliphatic carbocycles. The van der Waals surface area contributed by atoms with Crippen LogP contribution in [0.4, 0.5) is 0 Å². The van der Waals surface area contributed by atoms with E-state index in [0.29, 0.717) is 0 Å². The molecule has 0 unspecified atom stereocenters. The highest BCUT2D eigenvalue weighted by Gasteiger charge is 2.15. The molecule has 84 valence electrons. The van der Waals surface area contributed by atoms with Gasteiger partial charge in [0.05, 0.1) is 19.8 Å². The van der Waals surface area contributed by atoms with Gasteiger partial charge in [0.1, 0.15) is 5.82 Å². The first-order valence-electron chi connectivity index (χ1n) is 5.31. The Bertz CT molecular complexity index is 303. The van der Waals surface area contributed by atoms with Crippen LogP contribution < -0.4 is 0 Å². The standard InChI is InChI=1S/C10H17N3OS/c15-8-7-14-6-5-12-3-4-13-2-1-11-10(13)9-12/h1-2,15H,3-9H2. The third-order valence-corrected chi connectivity index (χ3v) is 2.79. The van der Waals surface area contributed by atoms with E-state index in [4.69, 9.17) is 4.74 Å². The van der Waals surface area contributed by atoms with Crippen molar-refractivity contribution in [2.45, 2.75) is 13.1 Å². The van der Waals surface area contributed by atoms with Crippen LogP contribution in [0.15, 0.2) is 12.4 Å². The van der Waals surface area contributed by atoms with Crippen LogP contribution >= 0.6 is 12.6 Å². The smallest absolute Gasteiger partial charge is 0.122 e. The minimum atomic E-state index is 0.742. The summed E-state index contributed by atoms with van der Waals surface area (Å²) in [5.41, 5.74) is 0. The van der Waals surface area contributed by atoms with Crippen LogP contribution in [-0.2, 0) is 17.8 Å². The Morgan fingerprint density at radius 3 is 3.20 bits per heavy atom. The van der Waals surface area contributed by atoms with E-state index < -0.39 is 0 Å². The van der Waals surface area contributed by atoms with Gasteiger partial charge < -0.3 is 9.30 Å². The lowest BCUT2D eigenvalue weighted by Gasteiger charge is -2.27. The van der Waals surface area contributed by atoms with E-state index in [1.807, 2.05) is 12.4 Å². The van der Waals surface area contributed by atoms with Crippen molar-refractivity contribution in [2.75, 3.05) is 32.1 Å². The van der Waals surface area contributed by atoms with E-state index in [1.165, 1.54) is 0 Å². The van der Waals surface area contributed by atoms with E-state index >= 15 is 0 Å². The Morgan fingerprint density at radius 1 is 1.40 bits per heavy atom. The second kappa shape index (κ2) is 5.53. The van der Waals surface area contributed by atoms with Crippen molar-refractivity contribution in [1.29, 1.82) is 0 Å². The SMILES string of the molecule is SCCOCCN1CCn2ccnc2C1. The number of nitrogens with zero attached hydrogens (tertiary/aromatic N) is 3. The van der Waals surface area contributed by atoms with Crippen molar-refractivity contribution >= 4 is 12.6 Å². The molecule has 0 saturated heterocycles. The minimum Gasteiger partial charge on any atom is -0.379 e. The number of ether oxygens (including phenoxy) is 1. The molecule has 0 aromatic carbocycles. The number of aromatic nitrogens is 2. The molecule has 5 heteroatoms. The Hall–Kier alpha value is -0.520. The quantitative estimate of drug-likeness (QED) is 0.591. The van der Waals surface area contributed by atoms with Crippen molar-refractivity contribution < 1.29 is 4.74 Å². The van der Waals surface area contributed by atoms with Crippen molar-refractivity contribution in [2.24, 2.45) is 0 Å². The number of hydrogen-bond donors (Lipinski definition) is 1. The molecule has 1 aliphatic rings. The first-order chi connectivity index (χ1) is 7.40. The normalized spacial score (nSPS) is 16.6. The predicted molar refractivity (Wildman–Crippen MR) is 62.2 cm³/mol. The highest BCUT2D eigenvalue weighted by atomic mass is 32.1. The molecule has 0 amide bonds. The lowest BCUT2D eigenvalue weighted by molar-refractivity contribution is 0.103. The maximum atomic E-state index is 5.41. The molecule has 1 aromatic rings. The Balaban J connectivity index is 1.73. The zero-order valence-electron chi connectivity index (χ0n) is 8.80. The molecule has 0 N–H and O–H groups in total. The van der Waals surface area contributed by atoms with Crippen molar-refractivity contribution in [3.63, 3.8) is 0 Å². The molecule has 2 rings (SSSR count). The first-order valence-corrected chi connectivity index (χ1v) is 5.94.